The van der Waals surface area contributed by atoms with Crippen molar-refractivity contribution in [3.63, 3.8) is 0 Å². The molecule has 0 fully saturated rings. The lowest BCUT2D eigenvalue weighted by atomic mass is 9.88. The number of carbonyl (C=O) groups excluding carboxylic acids is 1. The number of esters is 1. The van der Waals surface area contributed by atoms with Gasteiger partial charge in [0.1, 0.15) is 0 Å². The third-order valence-electron chi connectivity index (χ3n) is 3.57. The molecule has 0 aliphatic heterocycles. The Morgan fingerprint density at radius 3 is 1.76 bits per heavy atom. The fourth-order valence-corrected chi connectivity index (χ4v) is 2.44. The van der Waals surface area contributed by atoms with E-state index in [1.165, 1.54) is 7.11 Å². The van der Waals surface area contributed by atoms with Gasteiger partial charge in [-0.3, -0.25) is 0 Å². The fraction of sp³-hybridized carbons (Fsp3) is 0.278. The second-order valence-corrected chi connectivity index (χ2v) is 5.11. The van der Waals surface area contributed by atoms with E-state index in [0.717, 1.165) is 11.1 Å². The van der Waals surface area contributed by atoms with Crippen LogP contribution >= 0.6 is 0 Å². The van der Waals surface area contributed by atoms with E-state index in [0.29, 0.717) is 12.8 Å². The second-order valence-electron chi connectivity index (χ2n) is 5.11. The molecule has 0 saturated carbocycles. The number of ether oxygens (including phenoxy) is 1. The van der Waals surface area contributed by atoms with Gasteiger partial charge in [-0.25, -0.2) is 4.79 Å². The summed E-state index contributed by atoms with van der Waals surface area (Å²) in [6.07, 6.45) is 0.147. The molecule has 0 spiro atoms. The number of hydrogen-bond acceptors (Lipinski definition) is 3. The first-order chi connectivity index (χ1) is 10.2. The highest BCUT2D eigenvalue weighted by Gasteiger charge is 2.27. The van der Waals surface area contributed by atoms with Crippen molar-refractivity contribution >= 4 is 5.97 Å². The summed E-state index contributed by atoms with van der Waals surface area (Å²) in [4.78, 5) is 11.7. The number of aliphatic hydroxyl groups excluding tert-OH is 1. The summed E-state index contributed by atoms with van der Waals surface area (Å²) in [6.45, 7) is 0. The number of benzene rings is 2. The van der Waals surface area contributed by atoms with Gasteiger partial charge in [0.15, 0.2) is 6.10 Å². The van der Waals surface area contributed by atoms with E-state index in [2.05, 4.69) is 4.74 Å². The minimum absolute atomic E-state index is 0.206. The molecule has 2 aromatic rings. The Balaban J connectivity index is 2.15. The standard InChI is InChI=1S/C18H20O3/c1-21-18(20)17(19)16(12-14-8-4-2-5-9-14)13-15-10-6-3-7-11-15/h2-11,16-17,19H,12-13H2,1H3. The number of carbonyl (C=O) groups is 1. The lowest BCUT2D eigenvalue weighted by Gasteiger charge is -2.21. The van der Waals surface area contributed by atoms with Crippen LogP contribution in [-0.4, -0.2) is 24.3 Å². The van der Waals surface area contributed by atoms with E-state index in [1.54, 1.807) is 0 Å². The Morgan fingerprint density at radius 2 is 1.38 bits per heavy atom. The molecule has 0 aliphatic carbocycles. The van der Waals surface area contributed by atoms with Gasteiger partial charge in [-0.15, -0.1) is 0 Å². The average molecular weight is 284 g/mol. The molecule has 0 radical (unpaired) electrons. The van der Waals surface area contributed by atoms with Crippen molar-refractivity contribution in [2.45, 2.75) is 18.9 Å². The topological polar surface area (TPSA) is 46.5 Å². The molecule has 1 unspecified atom stereocenters. The molecule has 2 aromatic carbocycles. The van der Waals surface area contributed by atoms with Crippen molar-refractivity contribution in [3.05, 3.63) is 71.8 Å². The van der Waals surface area contributed by atoms with Gasteiger partial charge < -0.3 is 9.84 Å². The van der Waals surface area contributed by atoms with Gasteiger partial charge in [0.2, 0.25) is 0 Å². The zero-order valence-electron chi connectivity index (χ0n) is 12.1. The maximum absolute atomic E-state index is 11.7. The molecule has 0 amide bonds. The van der Waals surface area contributed by atoms with Gasteiger partial charge in [-0.2, -0.15) is 0 Å². The minimum Gasteiger partial charge on any atom is -0.467 e. The first kappa shape index (κ1) is 15.3. The van der Waals surface area contributed by atoms with Gasteiger partial charge in [0.05, 0.1) is 7.11 Å². The fourth-order valence-electron chi connectivity index (χ4n) is 2.44. The Morgan fingerprint density at radius 1 is 0.952 bits per heavy atom. The summed E-state index contributed by atoms with van der Waals surface area (Å²) in [5.74, 6) is -0.783. The van der Waals surface area contributed by atoms with E-state index in [-0.39, 0.29) is 5.92 Å². The maximum Gasteiger partial charge on any atom is 0.334 e. The number of rotatable bonds is 6. The van der Waals surface area contributed by atoms with Crippen molar-refractivity contribution in [1.82, 2.24) is 0 Å². The Kier molecular flexibility index (Phi) is 5.52. The normalized spacial score (nSPS) is 12.1. The summed E-state index contributed by atoms with van der Waals surface area (Å²) >= 11 is 0. The second kappa shape index (κ2) is 7.60. The van der Waals surface area contributed by atoms with Gasteiger partial charge in [-0.1, -0.05) is 60.7 Å². The number of aliphatic hydroxyl groups is 1. The highest BCUT2D eigenvalue weighted by Crippen LogP contribution is 2.19. The van der Waals surface area contributed by atoms with E-state index in [1.807, 2.05) is 60.7 Å². The molecule has 0 heterocycles. The molecule has 0 saturated heterocycles. The predicted molar refractivity (Wildman–Crippen MR) is 81.8 cm³/mol. The molecular formula is C18H20O3. The maximum atomic E-state index is 11.7. The summed E-state index contributed by atoms with van der Waals surface area (Å²) in [5, 5.41) is 10.2. The van der Waals surface area contributed by atoms with E-state index < -0.39 is 12.1 Å². The van der Waals surface area contributed by atoms with Crippen LogP contribution in [0.4, 0.5) is 0 Å². The largest absolute Gasteiger partial charge is 0.467 e. The van der Waals surface area contributed by atoms with Crippen LogP contribution in [0.15, 0.2) is 60.7 Å². The van der Waals surface area contributed by atoms with E-state index in [9.17, 15) is 9.90 Å². The predicted octanol–water partition coefficient (Wildman–Crippen LogP) is 2.62. The SMILES string of the molecule is COC(=O)C(O)C(Cc1ccccc1)Cc1ccccc1. The van der Waals surface area contributed by atoms with Crippen molar-refractivity contribution in [2.75, 3.05) is 7.11 Å². The molecule has 0 aromatic heterocycles. The lowest BCUT2D eigenvalue weighted by molar-refractivity contribution is -0.153. The summed E-state index contributed by atoms with van der Waals surface area (Å²) < 4.78 is 4.68. The van der Waals surface area contributed by atoms with Gasteiger partial charge in [0.25, 0.3) is 0 Å². The molecule has 3 nitrogen and oxygen atoms in total. The molecule has 110 valence electrons. The molecule has 1 N–H and O–H groups in total. The molecule has 2 rings (SSSR count). The highest BCUT2D eigenvalue weighted by atomic mass is 16.5. The Hall–Kier alpha value is -2.13. The van der Waals surface area contributed by atoms with Crippen molar-refractivity contribution in [2.24, 2.45) is 5.92 Å². The summed E-state index contributed by atoms with van der Waals surface area (Å²) in [6, 6.07) is 19.7. The third-order valence-corrected chi connectivity index (χ3v) is 3.57. The smallest absolute Gasteiger partial charge is 0.334 e. The monoisotopic (exact) mass is 284 g/mol. The Bertz CT molecular complexity index is 510. The number of methoxy groups -OCH3 is 1. The van der Waals surface area contributed by atoms with Crippen molar-refractivity contribution in [3.8, 4) is 0 Å². The zero-order valence-corrected chi connectivity index (χ0v) is 12.1. The summed E-state index contributed by atoms with van der Waals surface area (Å²) in [7, 11) is 1.30. The van der Waals surface area contributed by atoms with Crippen molar-refractivity contribution < 1.29 is 14.6 Å². The van der Waals surface area contributed by atoms with Crippen molar-refractivity contribution in [1.29, 1.82) is 0 Å². The van der Waals surface area contributed by atoms with Crippen LogP contribution in [-0.2, 0) is 22.4 Å². The van der Waals surface area contributed by atoms with Gasteiger partial charge >= 0.3 is 5.97 Å². The molecule has 0 aliphatic rings. The van der Waals surface area contributed by atoms with Gasteiger partial charge in [0, 0.05) is 5.92 Å². The van der Waals surface area contributed by atoms with Crippen LogP contribution < -0.4 is 0 Å². The molecule has 0 bridgehead atoms. The van der Waals surface area contributed by atoms with E-state index in [4.69, 9.17) is 0 Å². The first-order valence-corrected chi connectivity index (χ1v) is 7.04. The molecule has 1 atom stereocenters. The van der Waals surface area contributed by atoms with Crippen LogP contribution in [0, 0.1) is 5.92 Å². The number of hydrogen-bond donors (Lipinski definition) is 1. The zero-order chi connectivity index (χ0) is 15.1. The highest BCUT2D eigenvalue weighted by molar-refractivity contribution is 5.74. The quantitative estimate of drug-likeness (QED) is 0.829. The first-order valence-electron chi connectivity index (χ1n) is 7.04. The lowest BCUT2D eigenvalue weighted by Crippen LogP contribution is -2.33. The van der Waals surface area contributed by atoms with Crippen LogP contribution in [0.5, 0.6) is 0 Å². The van der Waals surface area contributed by atoms with Crippen LogP contribution in [0.3, 0.4) is 0 Å². The molecule has 3 heteroatoms. The van der Waals surface area contributed by atoms with Gasteiger partial charge in [-0.05, 0) is 24.0 Å². The van der Waals surface area contributed by atoms with Crippen LogP contribution in [0.1, 0.15) is 11.1 Å². The summed E-state index contributed by atoms with van der Waals surface area (Å²) in [5.41, 5.74) is 2.20. The Labute approximate surface area is 125 Å². The average Bonchev–Trinajstić information content (AvgIpc) is 2.54. The van der Waals surface area contributed by atoms with Crippen LogP contribution in [0.2, 0.25) is 0 Å². The minimum atomic E-state index is -1.12. The molecular weight excluding hydrogens is 264 g/mol. The third kappa shape index (κ3) is 4.43. The molecule has 21 heavy (non-hydrogen) atoms. The van der Waals surface area contributed by atoms with E-state index >= 15 is 0 Å². The van der Waals surface area contributed by atoms with Crippen LogP contribution in [0.25, 0.3) is 0 Å².